The first-order chi connectivity index (χ1) is 9.48. The summed E-state index contributed by atoms with van der Waals surface area (Å²) in [7, 11) is -1.94. The Bertz CT molecular complexity index is 573. The minimum absolute atomic E-state index is 0.0670. The maximum absolute atomic E-state index is 12.5. The molecule has 0 spiro atoms. The summed E-state index contributed by atoms with van der Waals surface area (Å²) in [5.74, 6) is 5.45. The number of nitrogens with zero attached hydrogens (tertiary/aromatic N) is 2. The van der Waals surface area contributed by atoms with Gasteiger partial charge in [-0.25, -0.2) is 19.2 Å². The van der Waals surface area contributed by atoms with Crippen molar-refractivity contribution in [2.75, 3.05) is 25.6 Å². The highest BCUT2D eigenvalue weighted by Gasteiger charge is 2.30. The molecular weight excluding hydrogens is 304 g/mol. The van der Waals surface area contributed by atoms with E-state index in [2.05, 4.69) is 10.4 Å². The van der Waals surface area contributed by atoms with Crippen LogP contribution in [-0.2, 0) is 14.8 Å². The van der Waals surface area contributed by atoms with Crippen molar-refractivity contribution in [1.29, 1.82) is 0 Å². The number of nitrogen functional groups attached to an aromatic ring is 1. The van der Waals surface area contributed by atoms with Gasteiger partial charge in [0.25, 0.3) is 0 Å². The van der Waals surface area contributed by atoms with Crippen LogP contribution in [0.4, 0.5) is 5.82 Å². The number of rotatable bonds is 4. The third-order valence-corrected chi connectivity index (χ3v) is 5.48. The lowest BCUT2D eigenvalue weighted by atomic mass is 10.1. The van der Waals surface area contributed by atoms with Crippen molar-refractivity contribution < 1.29 is 13.2 Å². The normalized spacial score (nSPS) is 18.1. The van der Waals surface area contributed by atoms with Gasteiger partial charge in [0, 0.05) is 26.4 Å². The summed E-state index contributed by atoms with van der Waals surface area (Å²) in [6.07, 6.45) is 2.73. The van der Waals surface area contributed by atoms with Crippen LogP contribution in [0, 0.1) is 0 Å². The van der Waals surface area contributed by atoms with Gasteiger partial charge in [-0.1, -0.05) is 11.6 Å². The summed E-state index contributed by atoms with van der Waals surface area (Å²) in [5, 5.41) is 0.167. The Balaban J connectivity index is 2.20. The maximum atomic E-state index is 12.5. The Labute approximate surface area is 123 Å². The predicted molar refractivity (Wildman–Crippen MR) is 75.8 cm³/mol. The lowest BCUT2D eigenvalue weighted by Gasteiger charge is -2.30. The van der Waals surface area contributed by atoms with E-state index in [1.54, 1.807) is 7.11 Å². The summed E-state index contributed by atoms with van der Waals surface area (Å²) < 4.78 is 31.6. The van der Waals surface area contributed by atoms with Gasteiger partial charge in [-0.2, -0.15) is 4.31 Å². The van der Waals surface area contributed by atoms with Crippen molar-refractivity contribution >= 4 is 27.4 Å². The standard InChI is InChI=1S/C11H17ClN4O3S/c1-19-8-2-4-16(5-3-8)20(17,18)9-6-10(12)11(15-13)14-7-9/h6-8H,2-5,13H2,1H3,(H,14,15). The zero-order valence-corrected chi connectivity index (χ0v) is 12.6. The number of hydrogen-bond donors (Lipinski definition) is 2. The molecule has 0 radical (unpaired) electrons. The Morgan fingerprint density at radius 2 is 2.15 bits per heavy atom. The molecule has 1 aliphatic rings. The number of sulfonamides is 1. The number of hydrogen-bond acceptors (Lipinski definition) is 6. The van der Waals surface area contributed by atoms with E-state index in [-0.39, 0.29) is 21.8 Å². The number of nitrogens with two attached hydrogens (primary N) is 1. The van der Waals surface area contributed by atoms with Crippen molar-refractivity contribution in [2.45, 2.75) is 23.8 Å². The molecule has 20 heavy (non-hydrogen) atoms. The molecule has 1 aromatic rings. The van der Waals surface area contributed by atoms with Gasteiger partial charge in [0.1, 0.15) is 4.90 Å². The lowest BCUT2D eigenvalue weighted by molar-refractivity contribution is 0.0604. The number of ether oxygens (including phenoxy) is 1. The zero-order chi connectivity index (χ0) is 14.8. The Kier molecular flexibility index (Phi) is 4.82. The van der Waals surface area contributed by atoms with E-state index in [0.717, 1.165) is 0 Å². The van der Waals surface area contributed by atoms with Crippen LogP contribution in [0.15, 0.2) is 17.2 Å². The second-order valence-corrected chi connectivity index (χ2v) is 6.83. The van der Waals surface area contributed by atoms with Crippen molar-refractivity contribution in [3.8, 4) is 0 Å². The molecule has 1 saturated heterocycles. The quantitative estimate of drug-likeness (QED) is 0.629. The highest BCUT2D eigenvalue weighted by Crippen LogP contribution is 2.26. The van der Waals surface area contributed by atoms with Gasteiger partial charge in [0.05, 0.1) is 11.1 Å². The van der Waals surface area contributed by atoms with E-state index in [4.69, 9.17) is 22.2 Å². The Morgan fingerprint density at radius 1 is 1.50 bits per heavy atom. The monoisotopic (exact) mass is 320 g/mol. The van der Waals surface area contributed by atoms with Crippen LogP contribution in [0.3, 0.4) is 0 Å². The van der Waals surface area contributed by atoms with Crippen molar-refractivity contribution in [1.82, 2.24) is 9.29 Å². The molecule has 112 valence electrons. The first-order valence-electron chi connectivity index (χ1n) is 6.14. The zero-order valence-electron chi connectivity index (χ0n) is 11.0. The molecule has 0 saturated carbocycles. The molecule has 0 atom stereocenters. The van der Waals surface area contributed by atoms with E-state index in [9.17, 15) is 8.42 Å². The highest BCUT2D eigenvalue weighted by atomic mass is 35.5. The molecule has 0 amide bonds. The summed E-state index contributed by atoms with van der Waals surface area (Å²) >= 11 is 5.91. The topological polar surface area (TPSA) is 97.5 Å². The Hall–Kier alpha value is -0.930. The largest absolute Gasteiger partial charge is 0.381 e. The first kappa shape index (κ1) is 15.5. The van der Waals surface area contributed by atoms with E-state index in [0.29, 0.717) is 25.9 Å². The van der Waals surface area contributed by atoms with Crippen LogP contribution in [-0.4, -0.2) is 44.0 Å². The summed E-state index contributed by atoms with van der Waals surface area (Å²) in [4.78, 5) is 3.96. The highest BCUT2D eigenvalue weighted by molar-refractivity contribution is 7.89. The lowest BCUT2D eigenvalue weighted by Crippen LogP contribution is -2.40. The predicted octanol–water partition coefficient (Wildman–Crippen LogP) is 0.820. The SMILES string of the molecule is COC1CCN(S(=O)(=O)c2cnc(NN)c(Cl)c2)CC1. The number of hydrazine groups is 1. The van der Waals surface area contributed by atoms with Crippen molar-refractivity contribution in [3.05, 3.63) is 17.3 Å². The van der Waals surface area contributed by atoms with Crippen LogP contribution in [0.5, 0.6) is 0 Å². The molecular formula is C11H17ClN4O3S. The molecule has 3 N–H and O–H groups in total. The molecule has 1 aliphatic heterocycles. The fourth-order valence-electron chi connectivity index (χ4n) is 2.12. The molecule has 0 bridgehead atoms. The van der Waals surface area contributed by atoms with Gasteiger partial charge >= 0.3 is 0 Å². The minimum atomic E-state index is -3.58. The third-order valence-electron chi connectivity index (χ3n) is 3.32. The molecule has 0 aliphatic carbocycles. The second kappa shape index (κ2) is 6.23. The van der Waals surface area contributed by atoms with E-state index < -0.39 is 10.0 Å². The molecule has 1 aromatic heterocycles. The molecule has 0 unspecified atom stereocenters. The molecule has 1 fully saturated rings. The smallest absolute Gasteiger partial charge is 0.244 e. The van der Waals surface area contributed by atoms with E-state index in [1.807, 2.05) is 0 Å². The number of piperidine rings is 1. The third kappa shape index (κ3) is 3.04. The van der Waals surface area contributed by atoms with E-state index >= 15 is 0 Å². The van der Waals surface area contributed by atoms with Gasteiger partial charge < -0.3 is 10.2 Å². The van der Waals surface area contributed by atoms with Gasteiger partial charge in [-0.15, -0.1) is 0 Å². The average Bonchev–Trinajstić information content (AvgIpc) is 2.47. The minimum Gasteiger partial charge on any atom is -0.381 e. The fourth-order valence-corrected chi connectivity index (χ4v) is 3.85. The fraction of sp³-hybridized carbons (Fsp3) is 0.545. The van der Waals surface area contributed by atoms with Crippen LogP contribution in [0.1, 0.15) is 12.8 Å². The molecule has 7 nitrogen and oxygen atoms in total. The number of methoxy groups -OCH3 is 1. The number of halogens is 1. The summed E-state index contributed by atoms with van der Waals surface area (Å²) in [6, 6.07) is 1.35. The van der Waals surface area contributed by atoms with Gasteiger partial charge in [0.15, 0.2) is 5.82 Å². The van der Waals surface area contributed by atoms with E-state index in [1.165, 1.54) is 16.6 Å². The summed E-state index contributed by atoms with van der Waals surface area (Å²) in [5.41, 5.74) is 2.30. The Morgan fingerprint density at radius 3 is 2.65 bits per heavy atom. The van der Waals surface area contributed by atoms with Crippen molar-refractivity contribution in [2.24, 2.45) is 5.84 Å². The first-order valence-corrected chi connectivity index (χ1v) is 7.96. The van der Waals surface area contributed by atoms with Crippen LogP contribution in [0.25, 0.3) is 0 Å². The molecule has 2 rings (SSSR count). The molecule has 9 heteroatoms. The van der Waals surface area contributed by atoms with Crippen LogP contribution < -0.4 is 11.3 Å². The average molecular weight is 321 g/mol. The van der Waals surface area contributed by atoms with Gasteiger partial charge in [-0.3, -0.25) is 0 Å². The molecule has 0 aromatic carbocycles. The second-order valence-electron chi connectivity index (χ2n) is 4.48. The summed E-state index contributed by atoms with van der Waals surface area (Å²) in [6.45, 7) is 0.852. The number of aromatic nitrogens is 1. The van der Waals surface area contributed by atoms with Crippen LogP contribution >= 0.6 is 11.6 Å². The molecule has 2 heterocycles. The van der Waals surface area contributed by atoms with Crippen LogP contribution in [0.2, 0.25) is 5.02 Å². The number of nitrogens with one attached hydrogen (secondary N) is 1. The van der Waals surface area contributed by atoms with Gasteiger partial charge in [0.2, 0.25) is 10.0 Å². The maximum Gasteiger partial charge on any atom is 0.244 e. The number of anilines is 1. The van der Waals surface area contributed by atoms with Gasteiger partial charge in [-0.05, 0) is 18.9 Å². The van der Waals surface area contributed by atoms with Crippen molar-refractivity contribution in [3.63, 3.8) is 0 Å². The number of pyridine rings is 1.